The second-order valence-corrected chi connectivity index (χ2v) is 9.68. The van der Waals surface area contributed by atoms with Crippen molar-refractivity contribution in [2.45, 2.75) is 50.2 Å². The predicted octanol–water partition coefficient (Wildman–Crippen LogP) is 7.62. The standard InChI is InChI=1S/C27H27F8NO2/c1-16(19-11-20(26(30,31)32)14-21(12-19)27(33,34)35)38-25-24(17-5-6-22(28)23(29)13-17)18(7-10-37-25)15-36-8-3-2-4-9-36/h5-6,11-14,18,24-25H,1-4,7-10,15H2. The Morgan fingerprint density at radius 1 is 0.895 bits per heavy atom. The Morgan fingerprint density at radius 2 is 1.53 bits per heavy atom. The van der Waals surface area contributed by atoms with Crippen LogP contribution < -0.4 is 0 Å². The van der Waals surface area contributed by atoms with E-state index in [2.05, 4.69) is 11.5 Å². The Morgan fingerprint density at radius 3 is 2.11 bits per heavy atom. The van der Waals surface area contributed by atoms with Crippen LogP contribution in [0, 0.1) is 17.6 Å². The van der Waals surface area contributed by atoms with E-state index in [1.165, 1.54) is 6.07 Å². The predicted molar refractivity (Wildman–Crippen MR) is 124 cm³/mol. The molecular weight excluding hydrogens is 522 g/mol. The number of halogens is 8. The van der Waals surface area contributed by atoms with Gasteiger partial charge in [-0.3, -0.25) is 0 Å². The van der Waals surface area contributed by atoms with Gasteiger partial charge in [0.05, 0.1) is 23.7 Å². The minimum atomic E-state index is -5.04. The number of alkyl halides is 6. The Hall–Kier alpha value is -2.66. The van der Waals surface area contributed by atoms with Crippen molar-refractivity contribution >= 4 is 5.76 Å². The van der Waals surface area contributed by atoms with Crippen molar-refractivity contribution in [1.29, 1.82) is 0 Å². The molecule has 2 saturated heterocycles. The lowest BCUT2D eigenvalue weighted by atomic mass is 9.81. The molecule has 2 fully saturated rings. The lowest BCUT2D eigenvalue weighted by Gasteiger charge is -2.41. The zero-order valence-corrected chi connectivity index (χ0v) is 20.3. The summed E-state index contributed by atoms with van der Waals surface area (Å²) >= 11 is 0. The first-order valence-electron chi connectivity index (χ1n) is 12.3. The highest BCUT2D eigenvalue weighted by Crippen LogP contribution is 2.41. The second kappa shape index (κ2) is 11.2. The molecule has 2 aliphatic rings. The van der Waals surface area contributed by atoms with Gasteiger partial charge in [0.25, 0.3) is 0 Å². The monoisotopic (exact) mass is 549 g/mol. The fourth-order valence-corrected chi connectivity index (χ4v) is 5.10. The summed E-state index contributed by atoms with van der Waals surface area (Å²) in [6.45, 7) is 6.12. The third kappa shape index (κ3) is 6.66. The van der Waals surface area contributed by atoms with E-state index in [0.717, 1.165) is 44.5 Å². The molecule has 2 aromatic rings. The van der Waals surface area contributed by atoms with Gasteiger partial charge in [-0.2, -0.15) is 26.3 Å². The molecule has 0 bridgehead atoms. The van der Waals surface area contributed by atoms with Crippen molar-refractivity contribution in [3.8, 4) is 0 Å². The minimum Gasteiger partial charge on any atom is -0.464 e. The molecule has 0 spiro atoms. The third-order valence-corrected chi connectivity index (χ3v) is 7.01. The van der Waals surface area contributed by atoms with Crippen LogP contribution in [0.2, 0.25) is 0 Å². The maximum absolute atomic E-state index is 14.2. The van der Waals surface area contributed by atoms with Crippen molar-refractivity contribution in [3.05, 3.63) is 76.9 Å². The second-order valence-electron chi connectivity index (χ2n) is 9.68. The first-order chi connectivity index (χ1) is 17.8. The molecule has 0 aliphatic carbocycles. The number of benzene rings is 2. The summed E-state index contributed by atoms with van der Waals surface area (Å²) in [6, 6.07) is 4.43. The summed E-state index contributed by atoms with van der Waals surface area (Å²) in [5.41, 5.74) is -3.17. The van der Waals surface area contributed by atoms with Crippen LogP contribution in [0.1, 0.15) is 53.9 Å². The van der Waals surface area contributed by atoms with E-state index in [0.29, 0.717) is 30.7 Å². The Labute approximate surface area is 215 Å². The fourth-order valence-electron chi connectivity index (χ4n) is 5.10. The van der Waals surface area contributed by atoms with Crippen LogP contribution in [-0.4, -0.2) is 37.4 Å². The summed E-state index contributed by atoms with van der Waals surface area (Å²) < 4.78 is 120. The molecule has 0 aromatic heterocycles. The Bertz CT molecular complexity index is 1110. The quantitative estimate of drug-likeness (QED) is 0.273. The Balaban J connectivity index is 1.66. The van der Waals surface area contributed by atoms with Crippen molar-refractivity contribution in [3.63, 3.8) is 0 Å². The smallest absolute Gasteiger partial charge is 0.416 e. The van der Waals surface area contributed by atoms with Gasteiger partial charge in [-0.05, 0) is 74.2 Å². The molecule has 3 unspecified atom stereocenters. The van der Waals surface area contributed by atoms with E-state index in [4.69, 9.17) is 9.47 Å². The van der Waals surface area contributed by atoms with Gasteiger partial charge in [0.15, 0.2) is 11.6 Å². The highest BCUT2D eigenvalue weighted by molar-refractivity contribution is 5.60. The lowest BCUT2D eigenvalue weighted by Crippen LogP contribution is -2.43. The maximum Gasteiger partial charge on any atom is 0.416 e. The lowest BCUT2D eigenvalue weighted by molar-refractivity contribution is -0.154. The SMILES string of the molecule is C=C(OC1OCCC(CN2CCCCC2)C1c1ccc(F)c(F)c1)c1cc(C(F)(F)F)cc(C(F)(F)F)c1. The summed E-state index contributed by atoms with van der Waals surface area (Å²) in [5, 5.41) is 0. The van der Waals surface area contributed by atoms with Gasteiger partial charge >= 0.3 is 12.4 Å². The molecular formula is C27H27F8NO2. The van der Waals surface area contributed by atoms with Gasteiger partial charge in [0.1, 0.15) is 5.76 Å². The van der Waals surface area contributed by atoms with E-state index < -0.39 is 58.6 Å². The molecule has 0 N–H and O–H groups in total. The molecule has 2 heterocycles. The zero-order valence-electron chi connectivity index (χ0n) is 20.3. The number of likely N-dealkylation sites (tertiary alicyclic amines) is 1. The van der Waals surface area contributed by atoms with Gasteiger partial charge in [-0.15, -0.1) is 0 Å². The normalized spacial score (nSPS) is 23.3. The highest BCUT2D eigenvalue weighted by Gasteiger charge is 2.40. The summed E-state index contributed by atoms with van der Waals surface area (Å²) in [7, 11) is 0. The number of nitrogens with zero attached hydrogens (tertiary/aromatic N) is 1. The van der Waals surface area contributed by atoms with Gasteiger partial charge in [-0.25, -0.2) is 8.78 Å². The molecule has 2 aliphatic heterocycles. The van der Waals surface area contributed by atoms with Crippen LogP contribution in [-0.2, 0) is 21.8 Å². The van der Waals surface area contributed by atoms with Crippen molar-refractivity contribution in [1.82, 2.24) is 4.90 Å². The Kier molecular flexibility index (Phi) is 8.37. The van der Waals surface area contributed by atoms with Gasteiger partial charge < -0.3 is 14.4 Å². The topological polar surface area (TPSA) is 21.7 Å². The summed E-state index contributed by atoms with van der Waals surface area (Å²) in [6.07, 6.45) is -7.57. The van der Waals surface area contributed by atoms with Crippen LogP contribution in [0.15, 0.2) is 43.0 Å². The average molecular weight is 550 g/mol. The highest BCUT2D eigenvalue weighted by atomic mass is 19.4. The summed E-state index contributed by atoms with van der Waals surface area (Å²) in [4.78, 5) is 2.25. The first kappa shape index (κ1) is 28.4. The maximum atomic E-state index is 14.2. The van der Waals surface area contributed by atoms with E-state index in [-0.39, 0.29) is 18.6 Å². The molecule has 0 radical (unpaired) electrons. The number of piperidine rings is 1. The van der Waals surface area contributed by atoms with Crippen LogP contribution in [0.25, 0.3) is 5.76 Å². The first-order valence-corrected chi connectivity index (χ1v) is 12.3. The molecule has 3 nitrogen and oxygen atoms in total. The van der Waals surface area contributed by atoms with Crippen molar-refractivity contribution in [2.75, 3.05) is 26.2 Å². The molecule has 0 amide bonds. The van der Waals surface area contributed by atoms with Gasteiger partial charge in [0, 0.05) is 12.1 Å². The largest absolute Gasteiger partial charge is 0.464 e. The average Bonchev–Trinajstić information content (AvgIpc) is 2.85. The van der Waals surface area contributed by atoms with Gasteiger partial charge in [-0.1, -0.05) is 19.1 Å². The van der Waals surface area contributed by atoms with Gasteiger partial charge in [0.2, 0.25) is 6.29 Å². The van der Waals surface area contributed by atoms with E-state index in [9.17, 15) is 35.1 Å². The fraction of sp³-hybridized carbons (Fsp3) is 0.481. The van der Waals surface area contributed by atoms with Crippen LogP contribution >= 0.6 is 0 Å². The third-order valence-electron chi connectivity index (χ3n) is 7.01. The number of rotatable bonds is 6. The number of hydrogen-bond acceptors (Lipinski definition) is 3. The van der Waals surface area contributed by atoms with E-state index in [1.54, 1.807) is 0 Å². The van der Waals surface area contributed by atoms with E-state index >= 15 is 0 Å². The summed E-state index contributed by atoms with van der Waals surface area (Å²) in [5.74, 6) is -3.43. The molecule has 4 rings (SSSR count). The van der Waals surface area contributed by atoms with E-state index in [1.807, 2.05) is 0 Å². The zero-order chi connectivity index (χ0) is 27.7. The molecule has 0 saturated carbocycles. The molecule has 38 heavy (non-hydrogen) atoms. The molecule has 3 atom stereocenters. The number of ether oxygens (including phenoxy) is 2. The molecule has 208 valence electrons. The van der Waals surface area contributed by atoms with Crippen LogP contribution in [0.5, 0.6) is 0 Å². The van der Waals surface area contributed by atoms with Crippen LogP contribution in [0.3, 0.4) is 0 Å². The van der Waals surface area contributed by atoms with Crippen LogP contribution in [0.4, 0.5) is 35.1 Å². The van der Waals surface area contributed by atoms with Crippen molar-refractivity contribution in [2.24, 2.45) is 5.92 Å². The number of hydrogen-bond donors (Lipinski definition) is 0. The minimum absolute atomic E-state index is 0.0205. The molecule has 2 aromatic carbocycles. The van der Waals surface area contributed by atoms with Crippen molar-refractivity contribution < 1.29 is 44.6 Å². The molecule has 11 heteroatoms.